The monoisotopic (exact) mass is 431 g/mol. The number of ketones is 1. The van der Waals surface area contributed by atoms with Gasteiger partial charge >= 0.3 is 5.97 Å². The first-order valence-corrected chi connectivity index (χ1v) is 9.94. The third kappa shape index (κ3) is 4.63. The van der Waals surface area contributed by atoms with Gasteiger partial charge in [-0.05, 0) is 43.3 Å². The lowest BCUT2D eigenvalue weighted by Crippen LogP contribution is -2.27. The molecule has 2 aromatic rings. The van der Waals surface area contributed by atoms with Crippen molar-refractivity contribution in [3.8, 4) is 11.5 Å². The number of phenols is 1. The number of hydrogen-bond acceptors (Lipinski definition) is 7. The largest absolute Gasteiger partial charge is 0.504 e. The highest BCUT2D eigenvalue weighted by molar-refractivity contribution is 8.19. The number of Topliss-reactive ketones (excluding diaryl/α,β-unsaturated/α-hetero) is 1. The van der Waals surface area contributed by atoms with Gasteiger partial charge in [0, 0.05) is 10.6 Å². The maximum Gasteiger partial charge on any atom is 0.323 e. The summed E-state index contributed by atoms with van der Waals surface area (Å²) < 4.78 is 10.2. The van der Waals surface area contributed by atoms with Gasteiger partial charge in [-0.3, -0.25) is 9.59 Å². The van der Waals surface area contributed by atoms with Crippen LogP contribution in [0, 0.1) is 5.92 Å². The van der Waals surface area contributed by atoms with Gasteiger partial charge in [0.2, 0.25) is 0 Å². The molecule has 3 rings (SSSR count). The topological polar surface area (TPSA) is 85.2 Å². The Hall–Kier alpha value is -2.77. The number of nitrogens with zero attached hydrogens (tertiary/aromatic N) is 1. The van der Waals surface area contributed by atoms with Crippen LogP contribution in [0.1, 0.15) is 12.5 Å². The number of rotatable bonds is 5. The Labute approximate surface area is 177 Å². The number of ether oxygens (including phenoxy) is 2. The molecule has 0 saturated carbocycles. The smallest absolute Gasteiger partial charge is 0.323 e. The first kappa shape index (κ1) is 21.0. The Morgan fingerprint density at radius 1 is 1.28 bits per heavy atom. The van der Waals surface area contributed by atoms with Crippen LogP contribution < -0.4 is 4.74 Å². The molecule has 0 radical (unpaired) electrons. The standard InChI is InChI=1S/C21H18ClNO5S/c1-3-28-21(26)17-19(25)16(11-12-5-4-6-15(27-2)18(12)24)29-20(17)23-14-9-7-13(22)8-10-14/h4-11,17,24H,3H2,1-2H3/b16-11-,23-20?. The fourth-order valence-electron chi connectivity index (χ4n) is 2.70. The number of phenolic OH excluding ortho intramolecular Hbond substituents is 1. The van der Waals surface area contributed by atoms with Gasteiger partial charge in [0.1, 0.15) is 5.04 Å². The zero-order chi connectivity index (χ0) is 21.0. The van der Waals surface area contributed by atoms with Gasteiger partial charge in [-0.15, -0.1) is 0 Å². The van der Waals surface area contributed by atoms with Crippen molar-refractivity contribution >= 4 is 51.9 Å². The lowest BCUT2D eigenvalue weighted by molar-refractivity contribution is -0.147. The number of thioether (sulfide) groups is 1. The fourth-order valence-corrected chi connectivity index (χ4v) is 3.93. The van der Waals surface area contributed by atoms with Gasteiger partial charge < -0.3 is 14.6 Å². The first-order chi connectivity index (χ1) is 13.9. The van der Waals surface area contributed by atoms with Crippen LogP contribution in [-0.4, -0.2) is 35.6 Å². The van der Waals surface area contributed by atoms with Crippen LogP contribution in [0.15, 0.2) is 52.4 Å². The Bertz CT molecular complexity index is 1000. The number of methoxy groups -OCH3 is 1. The van der Waals surface area contributed by atoms with E-state index in [9.17, 15) is 14.7 Å². The SMILES string of the molecule is CCOC(=O)C1C(=O)/C(=C/c2cccc(OC)c2O)SC1=Nc1ccc(Cl)cc1. The summed E-state index contributed by atoms with van der Waals surface area (Å²) in [5.41, 5.74) is 0.958. The summed E-state index contributed by atoms with van der Waals surface area (Å²) in [6.07, 6.45) is 1.52. The zero-order valence-corrected chi connectivity index (χ0v) is 17.3. The molecule has 1 aliphatic heterocycles. The predicted octanol–water partition coefficient (Wildman–Crippen LogP) is 4.62. The molecule has 2 aromatic carbocycles. The van der Waals surface area contributed by atoms with Crippen molar-refractivity contribution in [2.24, 2.45) is 10.9 Å². The predicted molar refractivity (Wildman–Crippen MR) is 114 cm³/mol. The molecule has 1 unspecified atom stereocenters. The van der Waals surface area contributed by atoms with Crippen LogP contribution >= 0.6 is 23.4 Å². The quantitative estimate of drug-likeness (QED) is 0.422. The van der Waals surface area contributed by atoms with Crippen molar-refractivity contribution in [2.75, 3.05) is 13.7 Å². The maximum absolute atomic E-state index is 12.9. The summed E-state index contributed by atoms with van der Waals surface area (Å²) >= 11 is 6.97. The van der Waals surface area contributed by atoms with Crippen molar-refractivity contribution in [3.05, 3.63) is 58.0 Å². The number of aromatic hydroxyl groups is 1. The molecule has 8 heteroatoms. The van der Waals surface area contributed by atoms with Gasteiger partial charge in [0.05, 0.1) is 24.3 Å². The molecule has 6 nitrogen and oxygen atoms in total. The summed E-state index contributed by atoms with van der Waals surface area (Å²) in [5.74, 6) is -2.03. The van der Waals surface area contributed by atoms with Crippen LogP contribution in [0.5, 0.6) is 11.5 Å². The molecule has 1 fully saturated rings. The van der Waals surface area contributed by atoms with Crippen LogP contribution in [0.2, 0.25) is 5.02 Å². The van der Waals surface area contributed by atoms with E-state index in [1.807, 2.05) is 0 Å². The summed E-state index contributed by atoms with van der Waals surface area (Å²) in [6.45, 7) is 1.82. The minimum Gasteiger partial charge on any atom is -0.504 e. The van der Waals surface area contributed by atoms with Crippen molar-refractivity contribution in [3.63, 3.8) is 0 Å². The Balaban J connectivity index is 2.02. The van der Waals surface area contributed by atoms with E-state index in [2.05, 4.69) is 4.99 Å². The molecule has 0 amide bonds. The summed E-state index contributed by atoms with van der Waals surface area (Å²) in [5, 5.41) is 11.2. The average Bonchev–Trinajstić information content (AvgIpc) is 3.00. The van der Waals surface area contributed by atoms with E-state index in [0.29, 0.717) is 21.3 Å². The van der Waals surface area contributed by atoms with Gasteiger partial charge in [-0.25, -0.2) is 4.99 Å². The van der Waals surface area contributed by atoms with Crippen molar-refractivity contribution in [1.29, 1.82) is 0 Å². The molecule has 1 heterocycles. The second-order valence-corrected chi connectivity index (χ2v) is 7.48. The molecule has 0 spiro atoms. The molecule has 1 atom stereocenters. The third-order valence-corrected chi connectivity index (χ3v) is 5.42. The average molecular weight is 432 g/mol. The number of hydrogen-bond donors (Lipinski definition) is 1. The van der Waals surface area contributed by atoms with Gasteiger partial charge in [0.25, 0.3) is 0 Å². The molecular formula is C21H18ClNO5S. The van der Waals surface area contributed by atoms with Crippen LogP contribution in [0.3, 0.4) is 0 Å². The Morgan fingerprint density at radius 2 is 2.00 bits per heavy atom. The van der Waals surface area contributed by atoms with E-state index in [4.69, 9.17) is 21.1 Å². The lowest BCUT2D eigenvalue weighted by Gasteiger charge is -2.07. The van der Waals surface area contributed by atoms with E-state index in [-0.39, 0.29) is 23.0 Å². The number of esters is 1. The number of halogens is 1. The maximum atomic E-state index is 12.9. The number of benzene rings is 2. The highest BCUT2D eigenvalue weighted by Gasteiger charge is 2.43. The number of para-hydroxylation sites is 1. The van der Waals surface area contributed by atoms with Crippen molar-refractivity contribution in [1.82, 2.24) is 0 Å². The second-order valence-electron chi connectivity index (χ2n) is 5.98. The number of allylic oxidation sites excluding steroid dienone is 1. The summed E-state index contributed by atoms with van der Waals surface area (Å²) in [6, 6.07) is 11.7. The minimum atomic E-state index is -1.14. The summed E-state index contributed by atoms with van der Waals surface area (Å²) in [4.78, 5) is 30.1. The minimum absolute atomic E-state index is 0.0910. The number of carbonyl (C=O) groups is 2. The van der Waals surface area contributed by atoms with Crippen molar-refractivity contribution < 1.29 is 24.2 Å². The number of carbonyl (C=O) groups excluding carboxylic acids is 2. The van der Waals surface area contributed by atoms with E-state index < -0.39 is 17.7 Å². The van der Waals surface area contributed by atoms with Crippen LogP contribution in [0.4, 0.5) is 5.69 Å². The first-order valence-electron chi connectivity index (χ1n) is 8.75. The van der Waals surface area contributed by atoms with Gasteiger partial charge in [0.15, 0.2) is 23.2 Å². The zero-order valence-electron chi connectivity index (χ0n) is 15.7. The van der Waals surface area contributed by atoms with Crippen molar-refractivity contribution in [2.45, 2.75) is 6.92 Å². The molecule has 150 valence electrons. The van der Waals surface area contributed by atoms with E-state index in [0.717, 1.165) is 11.8 Å². The Morgan fingerprint density at radius 3 is 2.66 bits per heavy atom. The van der Waals surface area contributed by atoms with E-state index in [1.54, 1.807) is 49.4 Å². The fraction of sp³-hybridized carbons (Fsp3) is 0.190. The normalized spacial score (nSPS) is 19.0. The molecule has 0 aromatic heterocycles. The molecular weight excluding hydrogens is 414 g/mol. The molecule has 1 N–H and O–H groups in total. The number of aliphatic imine (C=N–C) groups is 1. The molecule has 0 aliphatic carbocycles. The van der Waals surface area contributed by atoms with Gasteiger partial charge in [-0.2, -0.15) is 0 Å². The third-order valence-electron chi connectivity index (χ3n) is 4.09. The van der Waals surface area contributed by atoms with Crippen LogP contribution in [0.25, 0.3) is 6.08 Å². The van der Waals surface area contributed by atoms with E-state index >= 15 is 0 Å². The second kappa shape index (κ2) is 9.15. The molecule has 1 saturated heterocycles. The van der Waals surface area contributed by atoms with Crippen LogP contribution in [-0.2, 0) is 14.3 Å². The van der Waals surface area contributed by atoms with Gasteiger partial charge in [-0.1, -0.05) is 35.5 Å². The highest BCUT2D eigenvalue weighted by atomic mass is 35.5. The molecule has 29 heavy (non-hydrogen) atoms. The molecule has 1 aliphatic rings. The summed E-state index contributed by atoms with van der Waals surface area (Å²) in [7, 11) is 1.44. The Kier molecular flexibility index (Phi) is 6.61. The van der Waals surface area contributed by atoms with E-state index in [1.165, 1.54) is 13.2 Å². The highest BCUT2D eigenvalue weighted by Crippen LogP contribution is 2.40. The molecule has 0 bridgehead atoms. The lowest BCUT2D eigenvalue weighted by atomic mass is 10.0.